The molecule has 4 rings (SSSR count). The van der Waals surface area contributed by atoms with Crippen molar-refractivity contribution < 1.29 is 0 Å². The van der Waals surface area contributed by atoms with Gasteiger partial charge in [-0.05, 0) is 28.8 Å². The highest BCUT2D eigenvalue weighted by molar-refractivity contribution is 6.30. The predicted octanol–water partition coefficient (Wildman–Crippen LogP) is 4.35. The first-order chi connectivity index (χ1) is 14.6. The quantitative estimate of drug-likeness (QED) is 0.469. The molecule has 0 N–H and O–H groups in total. The monoisotopic (exact) mass is 416 g/mol. The fourth-order valence-electron chi connectivity index (χ4n) is 3.46. The van der Waals surface area contributed by atoms with Crippen LogP contribution in [0.25, 0.3) is 0 Å². The summed E-state index contributed by atoms with van der Waals surface area (Å²) in [4.78, 5) is 26.3. The highest BCUT2D eigenvalue weighted by Gasteiger charge is 2.13. The Bertz CT molecular complexity index is 1240. The van der Waals surface area contributed by atoms with Crippen molar-refractivity contribution in [3.05, 3.63) is 139 Å². The van der Waals surface area contributed by atoms with Crippen molar-refractivity contribution in [1.29, 1.82) is 0 Å². The molecule has 3 aromatic carbocycles. The molecular formula is C25H21ClN2O2. The molecule has 1 aromatic heterocycles. The third kappa shape index (κ3) is 4.61. The minimum atomic E-state index is -0.312. The Labute approximate surface area is 179 Å². The summed E-state index contributed by atoms with van der Waals surface area (Å²) in [6.07, 6.45) is 2.12. The van der Waals surface area contributed by atoms with Gasteiger partial charge < -0.3 is 0 Å². The molecule has 0 spiro atoms. The van der Waals surface area contributed by atoms with Gasteiger partial charge in [-0.25, -0.2) is 4.79 Å². The topological polar surface area (TPSA) is 44.0 Å². The Morgan fingerprint density at radius 3 is 1.83 bits per heavy atom. The van der Waals surface area contributed by atoms with Crippen LogP contribution in [0.1, 0.15) is 22.3 Å². The minimum Gasteiger partial charge on any atom is -0.296 e. The lowest BCUT2D eigenvalue weighted by Gasteiger charge is -2.14. The van der Waals surface area contributed by atoms with Gasteiger partial charge >= 0.3 is 5.69 Å². The Hall–Kier alpha value is -3.37. The van der Waals surface area contributed by atoms with Crippen LogP contribution in [0.3, 0.4) is 0 Å². The van der Waals surface area contributed by atoms with E-state index in [0.29, 0.717) is 23.6 Å². The maximum absolute atomic E-state index is 13.2. The number of benzene rings is 3. The van der Waals surface area contributed by atoms with Crippen LogP contribution >= 0.6 is 11.6 Å². The highest BCUT2D eigenvalue weighted by atomic mass is 35.5. The molecule has 0 amide bonds. The highest BCUT2D eigenvalue weighted by Crippen LogP contribution is 2.12. The standard InChI is InChI=1S/C25H21ClN2O2/c26-23-13-11-19(12-14-23)15-22-18-27(16-20-7-3-1-4-8-20)25(30)28(24(22)29)17-21-9-5-2-6-10-21/h1-14,18H,15-17H2. The van der Waals surface area contributed by atoms with Crippen LogP contribution in [0.2, 0.25) is 5.02 Å². The number of nitrogens with zero attached hydrogens (tertiary/aromatic N) is 2. The molecule has 0 atom stereocenters. The van der Waals surface area contributed by atoms with Gasteiger partial charge in [0, 0.05) is 23.2 Å². The first-order valence-electron chi connectivity index (χ1n) is 9.75. The minimum absolute atomic E-state index is 0.238. The molecule has 0 aliphatic rings. The zero-order chi connectivity index (χ0) is 20.9. The van der Waals surface area contributed by atoms with E-state index in [-0.39, 0.29) is 17.8 Å². The number of halogens is 1. The molecule has 0 aliphatic carbocycles. The van der Waals surface area contributed by atoms with Crippen molar-refractivity contribution in [3.63, 3.8) is 0 Å². The first-order valence-corrected chi connectivity index (χ1v) is 10.1. The van der Waals surface area contributed by atoms with Gasteiger partial charge in [-0.1, -0.05) is 84.4 Å². The molecule has 4 aromatic rings. The Morgan fingerprint density at radius 1 is 0.667 bits per heavy atom. The fraction of sp³-hybridized carbons (Fsp3) is 0.120. The van der Waals surface area contributed by atoms with Crippen molar-refractivity contribution in [1.82, 2.24) is 9.13 Å². The second-order valence-corrected chi connectivity index (χ2v) is 7.67. The molecule has 4 nitrogen and oxygen atoms in total. The lowest BCUT2D eigenvalue weighted by atomic mass is 10.1. The maximum Gasteiger partial charge on any atom is 0.331 e. The van der Waals surface area contributed by atoms with Crippen molar-refractivity contribution in [3.8, 4) is 0 Å². The summed E-state index contributed by atoms with van der Waals surface area (Å²) < 4.78 is 2.94. The second-order valence-electron chi connectivity index (χ2n) is 7.23. The molecule has 0 aliphatic heterocycles. The van der Waals surface area contributed by atoms with Gasteiger partial charge in [0.05, 0.1) is 13.1 Å². The maximum atomic E-state index is 13.2. The van der Waals surface area contributed by atoms with E-state index in [1.807, 2.05) is 72.8 Å². The van der Waals surface area contributed by atoms with E-state index in [9.17, 15) is 9.59 Å². The van der Waals surface area contributed by atoms with Crippen molar-refractivity contribution in [2.45, 2.75) is 19.5 Å². The van der Waals surface area contributed by atoms with E-state index in [4.69, 9.17) is 11.6 Å². The summed E-state index contributed by atoms with van der Waals surface area (Å²) in [5, 5.41) is 0.647. The number of hydrogen-bond acceptors (Lipinski definition) is 2. The molecule has 0 saturated carbocycles. The molecule has 150 valence electrons. The normalized spacial score (nSPS) is 10.8. The van der Waals surface area contributed by atoms with Crippen LogP contribution in [0, 0.1) is 0 Å². The lowest BCUT2D eigenvalue weighted by Crippen LogP contribution is -2.41. The molecule has 0 unspecified atom stereocenters. The molecular weight excluding hydrogens is 396 g/mol. The molecule has 0 radical (unpaired) electrons. The van der Waals surface area contributed by atoms with Crippen LogP contribution < -0.4 is 11.2 Å². The molecule has 5 heteroatoms. The fourth-order valence-corrected chi connectivity index (χ4v) is 3.58. The zero-order valence-corrected chi connectivity index (χ0v) is 17.1. The van der Waals surface area contributed by atoms with Gasteiger partial charge in [-0.2, -0.15) is 0 Å². The van der Waals surface area contributed by atoms with Crippen molar-refractivity contribution >= 4 is 11.6 Å². The largest absolute Gasteiger partial charge is 0.331 e. The van der Waals surface area contributed by atoms with E-state index in [0.717, 1.165) is 16.7 Å². The number of rotatable bonds is 6. The third-order valence-electron chi connectivity index (χ3n) is 5.00. The molecule has 0 saturated heterocycles. The van der Waals surface area contributed by atoms with E-state index in [2.05, 4.69) is 0 Å². The smallest absolute Gasteiger partial charge is 0.296 e. The van der Waals surface area contributed by atoms with Gasteiger partial charge in [-0.15, -0.1) is 0 Å². The van der Waals surface area contributed by atoms with E-state index >= 15 is 0 Å². The van der Waals surface area contributed by atoms with Crippen molar-refractivity contribution in [2.24, 2.45) is 0 Å². The average molecular weight is 417 g/mol. The molecule has 0 bridgehead atoms. The second kappa shape index (κ2) is 8.97. The van der Waals surface area contributed by atoms with Gasteiger partial charge in [0.2, 0.25) is 0 Å². The molecule has 1 heterocycles. The lowest BCUT2D eigenvalue weighted by molar-refractivity contribution is 0.602. The van der Waals surface area contributed by atoms with Crippen LogP contribution in [-0.2, 0) is 19.5 Å². The average Bonchev–Trinajstić information content (AvgIpc) is 2.77. The van der Waals surface area contributed by atoms with Crippen LogP contribution in [0.15, 0.2) is 101 Å². The van der Waals surface area contributed by atoms with E-state index < -0.39 is 0 Å². The van der Waals surface area contributed by atoms with Gasteiger partial charge in [0.25, 0.3) is 5.56 Å². The van der Waals surface area contributed by atoms with Gasteiger partial charge in [0.1, 0.15) is 0 Å². The number of hydrogen-bond donors (Lipinski definition) is 0. The summed E-state index contributed by atoms with van der Waals surface area (Å²) in [7, 11) is 0. The summed E-state index contributed by atoms with van der Waals surface area (Å²) in [5.74, 6) is 0. The van der Waals surface area contributed by atoms with E-state index in [1.165, 1.54) is 4.57 Å². The van der Waals surface area contributed by atoms with Crippen LogP contribution in [0.4, 0.5) is 0 Å². The summed E-state index contributed by atoms with van der Waals surface area (Å²) in [5.41, 5.74) is 2.88. The van der Waals surface area contributed by atoms with Gasteiger partial charge in [0.15, 0.2) is 0 Å². The van der Waals surface area contributed by atoms with E-state index in [1.54, 1.807) is 22.9 Å². The third-order valence-corrected chi connectivity index (χ3v) is 5.25. The summed E-state index contributed by atoms with van der Waals surface area (Å²) in [6, 6.07) is 26.7. The zero-order valence-electron chi connectivity index (χ0n) is 16.4. The summed E-state index contributed by atoms with van der Waals surface area (Å²) in [6.45, 7) is 0.643. The van der Waals surface area contributed by atoms with Crippen LogP contribution in [0.5, 0.6) is 0 Å². The summed E-state index contributed by atoms with van der Waals surface area (Å²) >= 11 is 5.99. The van der Waals surface area contributed by atoms with Gasteiger partial charge in [-0.3, -0.25) is 13.9 Å². The first kappa shape index (κ1) is 19.9. The van der Waals surface area contributed by atoms with Crippen molar-refractivity contribution in [2.75, 3.05) is 0 Å². The Kier molecular flexibility index (Phi) is 5.96. The Morgan fingerprint density at radius 2 is 1.23 bits per heavy atom. The number of aromatic nitrogens is 2. The molecule has 0 fully saturated rings. The SMILES string of the molecule is O=c1c(Cc2ccc(Cl)cc2)cn(Cc2ccccc2)c(=O)n1Cc1ccccc1. The predicted molar refractivity (Wildman–Crippen MR) is 120 cm³/mol. The molecule has 30 heavy (non-hydrogen) atoms. The van der Waals surface area contributed by atoms with Crippen LogP contribution in [-0.4, -0.2) is 9.13 Å². The Balaban J connectivity index is 1.78.